The third kappa shape index (κ3) is 4.45. The van der Waals surface area contributed by atoms with Crippen molar-refractivity contribution in [3.8, 4) is 23.3 Å². The maximum atomic E-state index is 9.16. The van der Waals surface area contributed by atoms with Crippen LogP contribution in [0.3, 0.4) is 0 Å². The highest BCUT2D eigenvalue weighted by Gasteiger charge is 2.43. The Balaban J connectivity index is 1.28. The summed E-state index contributed by atoms with van der Waals surface area (Å²) in [5.41, 5.74) is 12.0. The number of fused-ring (bicyclic) bond motifs is 5. The third-order valence-corrected chi connectivity index (χ3v) is 11.9. The Labute approximate surface area is 282 Å². The van der Waals surface area contributed by atoms with E-state index in [1.165, 1.54) is 78.3 Å². The lowest BCUT2D eigenvalue weighted by atomic mass is 9.77. The molecule has 2 heterocycles. The van der Waals surface area contributed by atoms with E-state index in [-0.39, 0.29) is 27.9 Å². The van der Waals surface area contributed by atoms with E-state index in [0.717, 1.165) is 9.75 Å². The molecule has 0 fully saturated rings. The van der Waals surface area contributed by atoms with Crippen LogP contribution in [-0.2, 0) is 16.2 Å². The average molecular weight is 645 g/mol. The van der Waals surface area contributed by atoms with Gasteiger partial charge in [0.2, 0.25) is 10.0 Å². The van der Waals surface area contributed by atoms with Crippen molar-refractivity contribution in [2.75, 3.05) is 0 Å². The molecule has 0 bridgehead atoms. The predicted octanol–water partition coefficient (Wildman–Crippen LogP) is 10.7. The number of hydrogen-bond donors (Lipinski definition) is 0. The van der Waals surface area contributed by atoms with Crippen molar-refractivity contribution in [3.05, 3.63) is 115 Å². The lowest BCUT2D eigenvalue weighted by molar-refractivity contribution is 0.655. The zero-order chi connectivity index (χ0) is 33.5. The van der Waals surface area contributed by atoms with E-state index in [0.29, 0.717) is 10.0 Å². The van der Waals surface area contributed by atoms with Crippen LogP contribution in [0.15, 0.2) is 58.5 Å². The fraction of sp³-hybridized carbons (Fsp3) is 0.231. The number of nitriles is 2. The fourth-order valence-electron chi connectivity index (χ4n) is 7.32. The number of thiophene rings is 2. The molecule has 0 atom stereocenters. The first kappa shape index (κ1) is 30.3. The van der Waals surface area contributed by atoms with E-state index < -0.39 is 0 Å². The molecule has 0 unspecified atom stereocenters. The molecule has 7 rings (SSSR count). The molecule has 226 valence electrons. The molecule has 0 N–H and O–H groups in total. The summed E-state index contributed by atoms with van der Waals surface area (Å²) in [4.78, 5) is 17.0. The molecule has 6 nitrogen and oxygen atoms in total. The van der Waals surface area contributed by atoms with E-state index in [4.69, 9.17) is 23.7 Å². The number of nitrogens with zero attached hydrogens (tertiary/aromatic N) is 6. The van der Waals surface area contributed by atoms with Gasteiger partial charge in [0.15, 0.2) is 0 Å². The second-order valence-electron chi connectivity index (χ2n) is 13.6. The van der Waals surface area contributed by atoms with Crippen molar-refractivity contribution >= 4 is 67.6 Å². The normalized spacial score (nSPS) is 17.7. The van der Waals surface area contributed by atoms with Gasteiger partial charge in [-0.15, -0.1) is 0 Å². The number of aliphatic imine (C=N–C) groups is 2. The van der Waals surface area contributed by atoms with E-state index >= 15 is 0 Å². The first-order chi connectivity index (χ1) is 22.3. The topological polar surface area (TPSA) is 81.0 Å². The molecule has 47 heavy (non-hydrogen) atoms. The van der Waals surface area contributed by atoms with E-state index in [9.17, 15) is 0 Å². The van der Waals surface area contributed by atoms with Gasteiger partial charge < -0.3 is 9.69 Å². The molecule has 0 saturated carbocycles. The smallest absolute Gasteiger partial charge is 0.350 e. The molecule has 0 spiro atoms. The first-order valence-corrected chi connectivity index (χ1v) is 16.7. The Morgan fingerprint density at radius 1 is 0.617 bits per heavy atom. The van der Waals surface area contributed by atoms with Gasteiger partial charge in [0, 0.05) is 26.0 Å². The summed E-state index contributed by atoms with van der Waals surface area (Å²) in [7, 11) is 0. The van der Waals surface area contributed by atoms with Gasteiger partial charge in [-0.1, -0.05) is 87.3 Å². The Bertz CT molecular complexity index is 2180. The number of amidine groups is 2. The lowest BCUT2D eigenvalue weighted by Crippen LogP contribution is -2.18. The maximum absolute atomic E-state index is 9.16. The van der Waals surface area contributed by atoms with E-state index in [1.54, 1.807) is 0 Å². The third-order valence-electron chi connectivity index (χ3n) is 9.87. The van der Waals surface area contributed by atoms with Crippen LogP contribution >= 0.6 is 22.7 Å². The Morgan fingerprint density at radius 2 is 1.02 bits per heavy atom. The standard InChI is InChI=1S/C39H28N6S2/c1-37(2)25-17-23-24-18-26-22(16-30(38(26,3)4)32-10-12-36(47-32)45-34(20-41)43-8)14-28(24)39(5,6)27(23)13-21(25)15-29(37)31-9-11-35(46-31)44-33(19-40)42-7/h9-18H,1-6H3. The van der Waals surface area contributed by atoms with E-state index in [2.05, 4.69) is 97.6 Å². The highest BCUT2D eigenvalue weighted by Crippen LogP contribution is 2.58. The van der Waals surface area contributed by atoms with Crippen molar-refractivity contribution in [1.82, 2.24) is 0 Å². The van der Waals surface area contributed by atoms with Crippen LogP contribution < -0.4 is 0 Å². The van der Waals surface area contributed by atoms with Gasteiger partial charge >= 0.3 is 11.7 Å². The molecular weight excluding hydrogens is 617 g/mol. The van der Waals surface area contributed by atoms with Crippen molar-refractivity contribution in [1.29, 1.82) is 10.5 Å². The molecule has 4 aromatic rings. The van der Waals surface area contributed by atoms with Crippen LogP contribution in [0, 0.1) is 35.8 Å². The minimum absolute atomic E-state index is 0.157. The average Bonchev–Trinajstić information content (AvgIpc) is 3.84. The minimum Gasteiger partial charge on any atom is -0.351 e. The maximum Gasteiger partial charge on any atom is 0.350 e. The van der Waals surface area contributed by atoms with Crippen molar-refractivity contribution in [3.63, 3.8) is 0 Å². The van der Waals surface area contributed by atoms with Crippen molar-refractivity contribution < 1.29 is 0 Å². The molecule has 3 aliphatic carbocycles. The Kier molecular flexibility index (Phi) is 6.65. The second-order valence-corrected chi connectivity index (χ2v) is 15.7. The molecule has 2 aromatic carbocycles. The summed E-state index contributed by atoms with van der Waals surface area (Å²) in [6, 6.07) is 21.1. The summed E-state index contributed by atoms with van der Waals surface area (Å²) in [5, 5.41) is 19.6. The van der Waals surface area contributed by atoms with Crippen LogP contribution in [0.25, 0.3) is 44.1 Å². The number of rotatable bonds is 4. The van der Waals surface area contributed by atoms with Gasteiger partial charge in [-0.25, -0.2) is 10.5 Å². The zero-order valence-electron chi connectivity index (χ0n) is 26.8. The molecule has 8 heteroatoms. The molecule has 2 aromatic heterocycles. The molecular formula is C39H28N6S2. The summed E-state index contributed by atoms with van der Waals surface area (Å²) < 4.78 is 0. The van der Waals surface area contributed by atoms with Crippen molar-refractivity contribution in [2.24, 2.45) is 9.98 Å². The molecule has 0 radical (unpaired) electrons. The monoisotopic (exact) mass is 644 g/mol. The van der Waals surface area contributed by atoms with Crippen molar-refractivity contribution in [2.45, 2.75) is 57.8 Å². The summed E-state index contributed by atoms with van der Waals surface area (Å²) in [6.45, 7) is 28.0. The van der Waals surface area contributed by atoms with Gasteiger partial charge in [0.25, 0.3) is 0 Å². The predicted molar refractivity (Wildman–Crippen MR) is 193 cm³/mol. The zero-order valence-corrected chi connectivity index (χ0v) is 28.4. The first-order valence-electron chi connectivity index (χ1n) is 15.1. The van der Waals surface area contributed by atoms with Gasteiger partial charge in [-0.3, -0.25) is 0 Å². The summed E-state index contributed by atoms with van der Waals surface area (Å²) >= 11 is 3.01. The van der Waals surface area contributed by atoms with Gasteiger partial charge in [-0.2, -0.15) is 0 Å². The molecule has 0 saturated heterocycles. The van der Waals surface area contributed by atoms with Crippen LogP contribution in [0.1, 0.15) is 84.7 Å². The van der Waals surface area contributed by atoms with Gasteiger partial charge in [0.1, 0.15) is 12.1 Å². The van der Waals surface area contributed by atoms with Crippen LogP contribution in [0.2, 0.25) is 0 Å². The molecule has 0 aliphatic heterocycles. The van der Waals surface area contributed by atoms with Gasteiger partial charge in [0.05, 0.1) is 0 Å². The minimum atomic E-state index is -0.246. The molecule has 3 aliphatic rings. The lowest BCUT2D eigenvalue weighted by Gasteiger charge is -2.26. The van der Waals surface area contributed by atoms with Gasteiger partial charge in [-0.05, 0) is 116 Å². The summed E-state index contributed by atoms with van der Waals surface area (Å²) in [5.74, 6) is -0.313. The largest absolute Gasteiger partial charge is 0.351 e. The number of hydrogen-bond acceptors (Lipinski definition) is 6. The number of allylic oxidation sites excluding steroid dienone is 2. The van der Waals surface area contributed by atoms with E-state index in [1.807, 2.05) is 36.4 Å². The highest BCUT2D eigenvalue weighted by molar-refractivity contribution is 7.17. The van der Waals surface area contributed by atoms with Crippen LogP contribution in [0.4, 0.5) is 10.0 Å². The highest BCUT2D eigenvalue weighted by atomic mass is 32.1. The Morgan fingerprint density at radius 3 is 1.38 bits per heavy atom. The fourth-order valence-corrected chi connectivity index (χ4v) is 9.43. The Hall–Kier alpha value is -5.38. The summed E-state index contributed by atoms with van der Waals surface area (Å²) in [6.07, 6.45) is 4.59. The van der Waals surface area contributed by atoms with Crippen LogP contribution in [0.5, 0.6) is 0 Å². The number of benzene rings is 2. The van der Waals surface area contributed by atoms with Crippen LogP contribution in [-0.4, -0.2) is 11.7 Å². The quantitative estimate of drug-likeness (QED) is 0.126. The molecule has 0 amide bonds. The second kappa shape index (κ2) is 10.3. The SMILES string of the molecule is [C-]#[N+]C(C#N)=Nc1ccc(C2=Cc3cc4c(cc3C2(C)C)-c2cc3c(cc2C4(C)C)C=C(c2ccc(N=C(C#N)[N+]#[C-])s2)C3(C)C)s1.